The summed E-state index contributed by atoms with van der Waals surface area (Å²) in [7, 11) is 0. The van der Waals surface area contributed by atoms with Crippen molar-refractivity contribution in [3.05, 3.63) is 78.2 Å². The van der Waals surface area contributed by atoms with E-state index in [1.807, 2.05) is 37.3 Å². The lowest BCUT2D eigenvalue weighted by Crippen LogP contribution is -2.24. The lowest BCUT2D eigenvalue weighted by Gasteiger charge is -2.15. The molecule has 1 N–H and O–H groups in total. The van der Waals surface area contributed by atoms with E-state index in [9.17, 15) is 9.18 Å². The summed E-state index contributed by atoms with van der Waals surface area (Å²) in [5.41, 5.74) is 3.07. The number of carbonyl (C=O) groups excluding carboxylic acids is 1. The minimum Gasteiger partial charge on any atom is -0.381 e. The molecule has 0 spiro atoms. The Bertz CT molecular complexity index is 1290. The van der Waals surface area contributed by atoms with Crippen LogP contribution in [-0.2, 0) is 4.74 Å². The van der Waals surface area contributed by atoms with Gasteiger partial charge in [0.2, 0.25) is 5.95 Å². The topological polar surface area (TPSA) is 94.8 Å². The fraction of sp³-hybridized carbons (Fsp3) is 0.240. The number of halogens is 1. The van der Waals surface area contributed by atoms with Gasteiger partial charge in [0.25, 0.3) is 5.91 Å². The Morgan fingerprint density at radius 3 is 2.68 bits per heavy atom. The number of anilines is 1. The van der Waals surface area contributed by atoms with Gasteiger partial charge in [-0.3, -0.25) is 4.79 Å². The third-order valence-electron chi connectivity index (χ3n) is 5.82. The molecule has 4 aromatic rings. The smallest absolute Gasteiger partial charge is 0.254 e. The number of rotatable bonds is 6. The third kappa shape index (κ3) is 4.42. The maximum absolute atomic E-state index is 13.5. The van der Waals surface area contributed by atoms with Gasteiger partial charge in [-0.1, -0.05) is 35.5 Å². The number of hydrogen-bond donors (Lipinski definition) is 1. The Morgan fingerprint density at radius 2 is 1.94 bits per heavy atom. The van der Waals surface area contributed by atoms with Gasteiger partial charge in [-0.2, -0.15) is 4.68 Å². The van der Waals surface area contributed by atoms with Gasteiger partial charge in [0.1, 0.15) is 17.2 Å². The van der Waals surface area contributed by atoms with E-state index >= 15 is 0 Å². The maximum atomic E-state index is 13.5. The molecule has 0 amide bonds. The summed E-state index contributed by atoms with van der Waals surface area (Å²) in [5, 5.41) is 11.7. The standard InChI is InChI=1S/C25H23FN6O2/c1-16(17-5-3-2-4-6-17)28-25-27-13-11-21(29-25)23-22(18-7-9-20(26)10-8-18)30-31-32(23)24(33)19-12-14-34-15-19/h2-11,13,16,19H,12,14-15H2,1H3,(H,27,28,29)/t16?,19-/m0/s1. The van der Waals surface area contributed by atoms with Gasteiger partial charge in [0.15, 0.2) is 0 Å². The summed E-state index contributed by atoms with van der Waals surface area (Å²) < 4.78 is 20.2. The maximum Gasteiger partial charge on any atom is 0.254 e. The van der Waals surface area contributed by atoms with Crippen molar-refractivity contribution in [2.75, 3.05) is 18.5 Å². The van der Waals surface area contributed by atoms with Crippen LogP contribution in [0.4, 0.5) is 10.3 Å². The molecule has 3 heterocycles. The van der Waals surface area contributed by atoms with Gasteiger partial charge in [-0.15, -0.1) is 5.10 Å². The van der Waals surface area contributed by atoms with E-state index in [0.29, 0.717) is 48.2 Å². The lowest BCUT2D eigenvalue weighted by molar-refractivity contribution is 0.0798. The Kier molecular flexibility index (Phi) is 6.09. The molecular weight excluding hydrogens is 435 g/mol. The average molecular weight is 458 g/mol. The number of aromatic nitrogens is 5. The number of ether oxygens (including phenoxy) is 1. The van der Waals surface area contributed by atoms with Crippen molar-refractivity contribution in [2.45, 2.75) is 19.4 Å². The van der Waals surface area contributed by atoms with Crippen LogP contribution in [0.2, 0.25) is 0 Å². The molecule has 172 valence electrons. The molecule has 2 aromatic carbocycles. The number of carbonyl (C=O) groups is 1. The predicted molar refractivity (Wildman–Crippen MR) is 124 cm³/mol. The molecule has 2 atom stereocenters. The summed E-state index contributed by atoms with van der Waals surface area (Å²) in [6.07, 6.45) is 2.24. The molecular formula is C25H23FN6O2. The van der Waals surface area contributed by atoms with Crippen LogP contribution in [-0.4, -0.2) is 44.1 Å². The normalized spacial score (nSPS) is 16.4. The van der Waals surface area contributed by atoms with Crippen LogP contribution < -0.4 is 5.32 Å². The molecule has 1 aliphatic heterocycles. The number of nitrogens with zero attached hydrogens (tertiary/aromatic N) is 5. The number of nitrogens with one attached hydrogen (secondary N) is 1. The molecule has 0 bridgehead atoms. The Hall–Kier alpha value is -3.98. The first-order chi connectivity index (χ1) is 16.6. The van der Waals surface area contributed by atoms with Crippen molar-refractivity contribution >= 4 is 11.9 Å². The lowest BCUT2D eigenvalue weighted by atomic mass is 10.1. The van der Waals surface area contributed by atoms with E-state index in [2.05, 4.69) is 25.6 Å². The zero-order chi connectivity index (χ0) is 23.5. The fourth-order valence-electron chi connectivity index (χ4n) is 3.95. The van der Waals surface area contributed by atoms with Gasteiger partial charge >= 0.3 is 0 Å². The second kappa shape index (κ2) is 9.48. The average Bonchev–Trinajstić information content (AvgIpc) is 3.56. The molecule has 1 fully saturated rings. The van der Waals surface area contributed by atoms with Crippen molar-refractivity contribution in [3.8, 4) is 22.6 Å². The third-order valence-corrected chi connectivity index (χ3v) is 5.82. The zero-order valence-corrected chi connectivity index (χ0v) is 18.6. The molecule has 5 rings (SSSR count). The Labute approximate surface area is 195 Å². The summed E-state index contributed by atoms with van der Waals surface area (Å²) in [4.78, 5) is 22.3. The largest absolute Gasteiger partial charge is 0.381 e. The fourth-order valence-corrected chi connectivity index (χ4v) is 3.95. The van der Waals surface area contributed by atoms with Crippen molar-refractivity contribution in [1.82, 2.24) is 25.0 Å². The second-order valence-electron chi connectivity index (χ2n) is 8.15. The molecule has 34 heavy (non-hydrogen) atoms. The van der Waals surface area contributed by atoms with Gasteiger partial charge < -0.3 is 10.1 Å². The Morgan fingerprint density at radius 1 is 1.15 bits per heavy atom. The van der Waals surface area contributed by atoms with E-state index in [1.54, 1.807) is 24.4 Å². The van der Waals surface area contributed by atoms with Crippen molar-refractivity contribution < 1.29 is 13.9 Å². The predicted octanol–water partition coefficient (Wildman–Crippen LogP) is 4.39. The van der Waals surface area contributed by atoms with E-state index in [4.69, 9.17) is 4.74 Å². The zero-order valence-electron chi connectivity index (χ0n) is 18.6. The number of benzene rings is 2. The molecule has 0 aliphatic carbocycles. The molecule has 8 nitrogen and oxygen atoms in total. The van der Waals surface area contributed by atoms with E-state index < -0.39 is 0 Å². The highest BCUT2D eigenvalue weighted by Gasteiger charge is 2.30. The first-order valence-corrected chi connectivity index (χ1v) is 11.1. The van der Waals surface area contributed by atoms with E-state index in [-0.39, 0.29) is 23.7 Å². The molecule has 1 unspecified atom stereocenters. The SMILES string of the molecule is CC(Nc1nccc(-c2c(-c3ccc(F)cc3)nnn2C(=O)[C@H]2CCOC2)n1)c1ccccc1. The minimum atomic E-state index is -0.361. The molecule has 1 aliphatic rings. The van der Waals surface area contributed by atoms with Crippen LogP contribution in [0.5, 0.6) is 0 Å². The molecule has 9 heteroatoms. The first kappa shape index (κ1) is 21.8. The van der Waals surface area contributed by atoms with Crippen LogP contribution >= 0.6 is 0 Å². The van der Waals surface area contributed by atoms with Crippen LogP contribution in [0.25, 0.3) is 22.6 Å². The van der Waals surface area contributed by atoms with Crippen LogP contribution in [0, 0.1) is 11.7 Å². The first-order valence-electron chi connectivity index (χ1n) is 11.1. The van der Waals surface area contributed by atoms with Gasteiger partial charge in [-0.05, 0) is 49.2 Å². The highest BCUT2D eigenvalue weighted by molar-refractivity contribution is 5.89. The van der Waals surface area contributed by atoms with E-state index in [0.717, 1.165) is 5.56 Å². The quantitative estimate of drug-likeness (QED) is 0.458. The van der Waals surface area contributed by atoms with Crippen molar-refractivity contribution in [2.24, 2.45) is 5.92 Å². The van der Waals surface area contributed by atoms with E-state index in [1.165, 1.54) is 16.8 Å². The van der Waals surface area contributed by atoms with Crippen molar-refractivity contribution in [1.29, 1.82) is 0 Å². The summed E-state index contributed by atoms with van der Waals surface area (Å²) in [6, 6.07) is 17.5. The monoisotopic (exact) mass is 458 g/mol. The molecule has 0 saturated carbocycles. The van der Waals surface area contributed by atoms with Crippen LogP contribution in [0.15, 0.2) is 66.9 Å². The van der Waals surface area contributed by atoms with Gasteiger partial charge in [0.05, 0.1) is 24.3 Å². The molecule has 0 radical (unpaired) electrons. The van der Waals surface area contributed by atoms with Crippen LogP contribution in [0.3, 0.4) is 0 Å². The highest BCUT2D eigenvalue weighted by Crippen LogP contribution is 2.31. The van der Waals surface area contributed by atoms with Gasteiger partial charge in [-0.25, -0.2) is 14.4 Å². The second-order valence-corrected chi connectivity index (χ2v) is 8.15. The summed E-state index contributed by atoms with van der Waals surface area (Å²) in [6.45, 7) is 2.89. The van der Waals surface area contributed by atoms with Crippen molar-refractivity contribution in [3.63, 3.8) is 0 Å². The summed E-state index contributed by atoms with van der Waals surface area (Å²) in [5.74, 6) is -0.471. The highest BCUT2D eigenvalue weighted by atomic mass is 19.1. The molecule has 2 aromatic heterocycles. The number of hydrogen-bond acceptors (Lipinski definition) is 7. The Balaban J connectivity index is 1.55. The van der Waals surface area contributed by atoms with Crippen LogP contribution in [0.1, 0.15) is 29.7 Å². The minimum absolute atomic E-state index is 0.0340. The molecule has 1 saturated heterocycles. The van der Waals surface area contributed by atoms with Gasteiger partial charge in [0, 0.05) is 18.4 Å². The summed E-state index contributed by atoms with van der Waals surface area (Å²) >= 11 is 0.